The first-order chi connectivity index (χ1) is 8.26. The van der Waals surface area contributed by atoms with E-state index >= 15 is 0 Å². The molecule has 0 aliphatic rings. The van der Waals surface area contributed by atoms with Gasteiger partial charge >= 0.3 is 5.97 Å². The molecule has 0 amide bonds. The summed E-state index contributed by atoms with van der Waals surface area (Å²) in [6.45, 7) is 2.28. The smallest absolute Gasteiger partial charge is 0.384 e. The maximum absolute atomic E-state index is 11.0. The number of esters is 1. The van der Waals surface area contributed by atoms with E-state index in [0.29, 0.717) is 17.9 Å². The van der Waals surface area contributed by atoms with Gasteiger partial charge in [0.2, 0.25) is 0 Å². The molecule has 0 saturated heterocycles. The van der Waals surface area contributed by atoms with E-state index in [1.54, 1.807) is 31.2 Å². The second kappa shape index (κ2) is 7.31. The van der Waals surface area contributed by atoms with Gasteiger partial charge in [-0.1, -0.05) is 5.92 Å². The summed E-state index contributed by atoms with van der Waals surface area (Å²) in [5, 5.41) is 8.58. The van der Waals surface area contributed by atoms with Crippen LogP contribution in [0.5, 0.6) is 5.75 Å². The molecule has 0 saturated carbocycles. The number of ether oxygens (including phenoxy) is 2. The van der Waals surface area contributed by atoms with Gasteiger partial charge in [-0.25, -0.2) is 4.79 Å². The zero-order valence-electron chi connectivity index (χ0n) is 9.60. The van der Waals surface area contributed by atoms with Crippen LogP contribution in [-0.2, 0) is 9.53 Å². The second-order valence-electron chi connectivity index (χ2n) is 3.07. The van der Waals surface area contributed by atoms with Crippen LogP contribution in [0.1, 0.15) is 12.5 Å². The van der Waals surface area contributed by atoms with Gasteiger partial charge in [-0.15, -0.1) is 0 Å². The van der Waals surface area contributed by atoms with Crippen LogP contribution in [0, 0.1) is 11.8 Å². The molecule has 4 nitrogen and oxygen atoms in total. The Bertz CT molecular complexity index is 411. The Balaban J connectivity index is 2.58. The number of carbonyl (C=O) groups excluding carboxylic acids is 1. The standard InChI is InChI=1S/C13H14O4/c1-2-16-13(15)8-5-11-3-6-12(7-4-11)17-10-9-14/h3-4,6-7,14H,2,9-10H2,1H3. The van der Waals surface area contributed by atoms with Gasteiger partial charge < -0.3 is 14.6 Å². The van der Waals surface area contributed by atoms with Crippen molar-refractivity contribution in [2.75, 3.05) is 19.8 Å². The van der Waals surface area contributed by atoms with E-state index in [2.05, 4.69) is 16.6 Å². The molecule has 0 unspecified atom stereocenters. The van der Waals surface area contributed by atoms with Crippen LogP contribution in [0.4, 0.5) is 0 Å². The molecule has 0 atom stereocenters. The van der Waals surface area contributed by atoms with Crippen molar-refractivity contribution in [1.29, 1.82) is 0 Å². The van der Waals surface area contributed by atoms with Crippen LogP contribution in [0.15, 0.2) is 24.3 Å². The van der Waals surface area contributed by atoms with Crippen molar-refractivity contribution in [2.45, 2.75) is 6.92 Å². The van der Waals surface area contributed by atoms with E-state index < -0.39 is 5.97 Å². The SMILES string of the molecule is CCOC(=O)C#Cc1ccc(OCCO)cc1. The van der Waals surface area contributed by atoms with Gasteiger partial charge in [-0.2, -0.15) is 0 Å². The van der Waals surface area contributed by atoms with Gasteiger partial charge in [-0.05, 0) is 31.2 Å². The van der Waals surface area contributed by atoms with Gasteiger partial charge in [0.15, 0.2) is 0 Å². The summed E-state index contributed by atoms with van der Waals surface area (Å²) < 4.78 is 9.86. The Kier molecular flexibility index (Phi) is 5.62. The van der Waals surface area contributed by atoms with Crippen LogP contribution in [0.2, 0.25) is 0 Å². The molecule has 0 radical (unpaired) electrons. The minimum Gasteiger partial charge on any atom is -0.491 e. The molecular weight excluding hydrogens is 220 g/mol. The summed E-state index contributed by atoms with van der Waals surface area (Å²) in [6.07, 6.45) is 0. The Hall–Kier alpha value is -1.99. The predicted octanol–water partition coefficient (Wildman–Crippen LogP) is 0.972. The third-order valence-electron chi connectivity index (χ3n) is 1.80. The fourth-order valence-corrected chi connectivity index (χ4v) is 1.09. The summed E-state index contributed by atoms with van der Waals surface area (Å²) in [4.78, 5) is 11.0. The third kappa shape index (κ3) is 5.05. The molecular formula is C13H14O4. The molecule has 0 aliphatic heterocycles. The van der Waals surface area contributed by atoms with E-state index in [4.69, 9.17) is 9.84 Å². The number of benzene rings is 1. The van der Waals surface area contributed by atoms with Crippen molar-refractivity contribution in [3.63, 3.8) is 0 Å². The highest BCUT2D eigenvalue weighted by Gasteiger charge is 1.95. The average Bonchev–Trinajstić information content (AvgIpc) is 2.35. The summed E-state index contributed by atoms with van der Waals surface area (Å²) in [5.41, 5.74) is 0.703. The summed E-state index contributed by atoms with van der Waals surface area (Å²) in [6, 6.07) is 6.92. The minimum absolute atomic E-state index is 0.0234. The number of aliphatic hydroxyl groups excluding tert-OH is 1. The summed E-state index contributed by atoms with van der Waals surface area (Å²) >= 11 is 0. The topological polar surface area (TPSA) is 55.8 Å². The van der Waals surface area contributed by atoms with Crippen LogP contribution in [0.3, 0.4) is 0 Å². The predicted molar refractivity (Wildman–Crippen MR) is 62.5 cm³/mol. The van der Waals surface area contributed by atoms with Crippen molar-refractivity contribution in [3.8, 4) is 17.6 Å². The lowest BCUT2D eigenvalue weighted by atomic mass is 10.2. The third-order valence-corrected chi connectivity index (χ3v) is 1.80. The zero-order chi connectivity index (χ0) is 12.5. The number of hydrogen-bond acceptors (Lipinski definition) is 4. The van der Waals surface area contributed by atoms with Gasteiger partial charge in [0.1, 0.15) is 12.4 Å². The Morgan fingerprint density at radius 2 is 2.06 bits per heavy atom. The number of carbonyl (C=O) groups is 1. The molecule has 0 bridgehead atoms. The maximum atomic E-state index is 11.0. The Morgan fingerprint density at radius 3 is 2.65 bits per heavy atom. The molecule has 17 heavy (non-hydrogen) atoms. The molecule has 0 heterocycles. The molecule has 1 aromatic carbocycles. The minimum atomic E-state index is -0.534. The molecule has 0 fully saturated rings. The molecule has 0 aromatic heterocycles. The summed E-state index contributed by atoms with van der Waals surface area (Å²) in [5.74, 6) is 5.17. The Labute approximate surface area is 100 Å². The normalized spacial score (nSPS) is 9.06. The molecule has 1 aromatic rings. The van der Waals surface area contributed by atoms with Crippen molar-refractivity contribution >= 4 is 5.97 Å². The van der Waals surface area contributed by atoms with Gasteiger partial charge in [0.05, 0.1) is 13.2 Å². The van der Waals surface area contributed by atoms with Crippen molar-refractivity contribution in [3.05, 3.63) is 29.8 Å². The van der Waals surface area contributed by atoms with E-state index in [-0.39, 0.29) is 13.2 Å². The van der Waals surface area contributed by atoms with Crippen LogP contribution in [-0.4, -0.2) is 30.9 Å². The van der Waals surface area contributed by atoms with E-state index in [1.807, 2.05) is 0 Å². The van der Waals surface area contributed by atoms with Gasteiger partial charge in [0.25, 0.3) is 0 Å². The molecule has 1 rings (SSSR count). The van der Waals surface area contributed by atoms with Crippen molar-refractivity contribution in [1.82, 2.24) is 0 Å². The lowest BCUT2D eigenvalue weighted by Gasteiger charge is -2.02. The molecule has 1 N–H and O–H groups in total. The van der Waals surface area contributed by atoms with Crippen molar-refractivity contribution in [2.24, 2.45) is 0 Å². The Morgan fingerprint density at radius 1 is 1.35 bits per heavy atom. The van der Waals surface area contributed by atoms with E-state index in [1.165, 1.54) is 0 Å². The van der Waals surface area contributed by atoms with E-state index in [0.717, 1.165) is 0 Å². The fourth-order valence-electron chi connectivity index (χ4n) is 1.09. The van der Waals surface area contributed by atoms with Gasteiger partial charge in [-0.3, -0.25) is 0 Å². The monoisotopic (exact) mass is 234 g/mol. The quantitative estimate of drug-likeness (QED) is 0.623. The second-order valence-corrected chi connectivity index (χ2v) is 3.07. The van der Waals surface area contributed by atoms with Crippen LogP contribution < -0.4 is 4.74 Å². The number of rotatable bonds is 4. The largest absolute Gasteiger partial charge is 0.491 e. The number of hydrogen-bond donors (Lipinski definition) is 1. The molecule has 0 spiro atoms. The van der Waals surface area contributed by atoms with E-state index in [9.17, 15) is 4.79 Å². The first-order valence-corrected chi connectivity index (χ1v) is 5.28. The molecule has 90 valence electrons. The first kappa shape index (κ1) is 13.1. The van der Waals surface area contributed by atoms with Crippen molar-refractivity contribution < 1.29 is 19.4 Å². The fraction of sp³-hybridized carbons (Fsp3) is 0.308. The lowest BCUT2D eigenvalue weighted by molar-refractivity contribution is -0.136. The first-order valence-electron chi connectivity index (χ1n) is 5.28. The molecule has 0 aliphatic carbocycles. The van der Waals surface area contributed by atoms with Gasteiger partial charge in [0, 0.05) is 11.5 Å². The van der Waals surface area contributed by atoms with Crippen LogP contribution >= 0.6 is 0 Å². The maximum Gasteiger partial charge on any atom is 0.384 e. The highest BCUT2D eigenvalue weighted by Crippen LogP contribution is 2.11. The lowest BCUT2D eigenvalue weighted by Crippen LogP contribution is -2.01. The number of aliphatic hydroxyl groups is 1. The average molecular weight is 234 g/mol. The summed E-state index contributed by atoms with van der Waals surface area (Å²) in [7, 11) is 0. The molecule has 4 heteroatoms. The zero-order valence-corrected chi connectivity index (χ0v) is 9.60. The van der Waals surface area contributed by atoms with Crippen LogP contribution in [0.25, 0.3) is 0 Å². The highest BCUT2D eigenvalue weighted by molar-refractivity contribution is 5.89. The highest BCUT2D eigenvalue weighted by atomic mass is 16.5.